The molecule has 0 bridgehead atoms. The summed E-state index contributed by atoms with van der Waals surface area (Å²) in [6.07, 6.45) is 8.29. The van der Waals surface area contributed by atoms with Gasteiger partial charge in [-0.25, -0.2) is 4.98 Å². The molecule has 4 rings (SSSR count). The van der Waals surface area contributed by atoms with Crippen molar-refractivity contribution in [2.75, 3.05) is 18.0 Å². The molecule has 0 aromatic carbocycles. The molecule has 0 spiro atoms. The smallest absolute Gasteiger partial charge is 0.261 e. The SMILES string of the molecule is O=c1[nH]c(N2CCCCC2)nc2sc3c(c12)CCCC3. The summed E-state index contributed by atoms with van der Waals surface area (Å²) >= 11 is 1.73. The first-order valence-electron chi connectivity index (χ1n) is 7.62. The number of hydrogen-bond donors (Lipinski definition) is 1. The molecule has 2 aromatic rings. The highest BCUT2D eigenvalue weighted by Crippen LogP contribution is 2.34. The molecular weight excluding hydrogens is 270 g/mol. The Morgan fingerprint density at radius 3 is 2.70 bits per heavy atom. The predicted molar refractivity (Wildman–Crippen MR) is 82.9 cm³/mol. The monoisotopic (exact) mass is 289 g/mol. The lowest BCUT2D eigenvalue weighted by Crippen LogP contribution is -2.32. The number of fused-ring (bicyclic) bond motifs is 3. The summed E-state index contributed by atoms with van der Waals surface area (Å²) < 4.78 is 0. The zero-order chi connectivity index (χ0) is 13.5. The minimum absolute atomic E-state index is 0.0648. The third-order valence-corrected chi connectivity index (χ3v) is 5.65. The summed E-state index contributed by atoms with van der Waals surface area (Å²) in [5, 5.41) is 0.866. The first kappa shape index (κ1) is 12.4. The average Bonchev–Trinajstić information content (AvgIpc) is 2.87. The van der Waals surface area contributed by atoms with E-state index < -0.39 is 0 Å². The van der Waals surface area contributed by atoms with Crippen LogP contribution in [0.3, 0.4) is 0 Å². The fourth-order valence-electron chi connectivity index (χ4n) is 3.41. The number of nitrogens with zero attached hydrogens (tertiary/aromatic N) is 2. The van der Waals surface area contributed by atoms with Crippen molar-refractivity contribution in [3.63, 3.8) is 0 Å². The van der Waals surface area contributed by atoms with Crippen LogP contribution in [0.4, 0.5) is 5.95 Å². The lowest BCUT2D eigenvalue weighted by atomic mass is 9.97. The molecule has 0 saturated carbocycles. The third kappa shape index (κ3) is 1.95. The van der Waals surface area contributed by atoms with E-state index in [-0.39, 0.29) is 5.56 Å². The lowest BCUT2D eigenvalue weighted by Gasteiger charge is -2.26. The topological polar surface area (TPSA) is 49.0 Å². The van der Waals surface area contributed by atoms with Crippen LogP contribution in [0.5, 0.6) is 0 Å². The Balaban J connectivity index is 1.83. The molecular formula is C15H19N3OS. The van der Waals surface area contributed by atoms with Crippen molar-refractivity contribution in [2.24, 2.45) is 0 Å². The molecule has 1 saturated heterocycles. The van der Waals surface area contributed by atoms with Crippen molar-refractivity contribution in [3.8, 4) is 0 Å². The molecule has 106 valence electrons. The van der Waals surface area contributed by atoms with E-state index in [2.05, 4.69) is 9.88 Å². The fourth-order valence-corrected chi connectivity index (χ4v) is 4.67. The van der Waals surface area contributed by atoms with Gasteiger partial charge < -0.3 is 4.90 Å². The highest BCUT2D eigenvalue weighted by Gasteiger charge is 2.21. The number of hydrogen-bond acceptors (Lipinski definition) is 4. The average molecular weight is 289 g/mol. The van der Waals surface area contributed by atoms with E-state index in [1.807, 2.05) is 0 Å². The Kier molecular flexibility index (Phi) is 3.02. The van der Waals surface area contributed by atoms with E-state index in [1.54, 1.807) is 11.3 Å². The standard InChI is InChI=1S/C15H19N3OS/c19-13-12-10-6-2-3-7-11(10)20-14(12)17-15(16-13)18-8-4-1-5-9-18/h1-9H2,(H,16,17,19). The van der Waals surface area contributed by atoms with Crippen molar-refractivity contribution in [1.82, 2.24) is 9.97 Å². The Bertz CT molecular complexity index is 697. The molecule has 1 aliphatic heterocycles. The summed E-state index contributed by atoms with van der Waals surface area (Å²) in [6.45, 7) is 2.03. The van der Waals surface area contributed by atoms with Crippen molar-refractivity contribution < 1.29 is 0 Å². The van der Waals surface area contributed by atoms with E-state index in [4.69, 9.17) is 4.98 Å². The van der Waals surface area contributed by atoms with Gasteiger partial charge in [-0.15, -0.1) is 11.3 Å². The van der Waals surface area contributed by atoms with E-state index in [0.717, 1.165) is 42.1 Å². The highest BCUT2D eigenvalue weighted by atomic mass is 32.1. The number of H-pyrrole nitrogens is 1. The summed E-state index contributed by atoms with van der Waals surface area (Å²) in [5.41, 5.74) is 1.34. The number of aromatic amines is 1. The van der Waals surface area contributed by atoms with Crippen LogP contribution in [0.25, 0.3) is 10.2 Å². The van der Waals surface area contributed by atoms with Gasteiger partial charge in [0.25, 0.3) is 5.56 Å². The number of anilines is 1. The summed E-state index contributed by atoms with van der Waals surface area (Å²) in [7, 11) is 0. The molecule has 1 aliphatic carbocycles. The van der Waals surface area contributed by atoms with Crippen molar-refractivity contribution in [1.29, 1.82) is 0 Å². The van der Waals surface area contributed by atoms with Gasteiger partial charge in [0.05, 0.1) is 5.39 Å². The maximum atomic E-state index is 12.5. The summed E-state index contributed by atoms with van der Waals surface area (Å²) in [5.74, 6) is 0.779. The Hall–Kier alpha value is -1.36. The molecule has 4 nitrogen and oxygen atoms in total. The Labute approximate surface area is 121 Å². The van der Waals surface area contributed by atoms with Crippen LogP contribution in [0.2, 0.25) is 0 Å². The second-order valence-electron chi connectivity index (χ2n) is 5.83. The normalized spacial score (nSPS) is 19.3. The van der Waals surface area contributed by atoms with Gasteiger partial charge in [-0.1, -0.05) is 0 Å². The molecule has 0 radical (unpaired) electrons. The molecule has 5 heteroatoms. The second kappa shape index (κ2) is 4.88. The van der Waals surface area contributed by atoms with Crippen LogP contribution in [0, 0.1) is 0 Å². The van der Waals surface area contributed by atoms with Gasteiger partial charge in [-0.05, 0) is 50.5 Å². The van der Waals surface area contributed by atoms with Gasteiger partial charge in [0, 0.05) is 18.0 Å². The van der Waals surface area contributed by atoms with Gasteiger partial charge in [-0.3, -0.25) is 9.78 Å². The first-order chi connectivity index (χ1) is 9.83. The number of thiophene rings is 1. The van der Waals surface area contributed by atoms with Gasteiger partial charge in [-0.2, -0.15) is 0 Å². The molecule has 2 aliphatic rings. The Morgan fingerprint density at radius 1 is 1.05 bits per heavy atom. The van der Waals surface area contributed by atoms with Crippen LogP contribution in [0.1, 0.15) is 42.5 Å². The van der Waals surface area contributed by atoms with Gasteiger partial charge >= 0.3 is 0 Å². The number of piperidine rings is 1. The van der Waals surface area contributed by atoms with Crippen molar-refractivity contribution in [2.45, 2.75) is 44.9 Å². The van der Waals surface area contributed by atoms with Crippen molar-refractivity contribution in [3.05, 3.63) is 20.8 Å². The van der Waals surface area contributed by atoms with Crippen molar-refractivity contribution >= 4 is 27.5 Å². The maximum Gasteiger partial charge on any atom is 0.261 e. The molecule has 1 N–H and O–H groups in total. The fraction of sp³-hybridized carbons (Fsp3) is 0.600. The zero-order valence-corrected chi connectivity index (χ0v) is 12.4. The number of aryl methyl sites for hydroxylation is 2. The molecule has 0 unspecified atom stereocenters. The largest absolute Gasteiger partial charge is 0.342 e. The minimum Gasteiger partial charge on any atom is -0.342 e. The maximum absolute atomic E-state index is 12.5. The predicted octanol–water partition coefficient (Wildman–Crippen LogP) is 2.85. The van der Waals surface area contributed by atoms with Gasteiger partial charge in [0.2, 0.25) is 5.95 Å². The summed E-state index contributed by atoms with van der Waals surface area (Å²) in [6, 6.07) is 0. The van der Waals surface area contributed by atoms with Crippen LogP contribution in [-0.2, 0) is 12.8 Å². The van der Waals surface area contributed by atoms with E-state index in [0.29, 0.717) is 0 Å². The quantitative estimate of drug-likeness (QED) is 0.878. The van der Waals surface area contributed by atoms with Crippen LogP contribution in [-0.4, -0.2) is 23.1 Å². The minimum atomic E-state index is 0.0648. The zero-order valence-electron chi connectivity index (χ0n) is 11.6. The molecule has 0 amide bonds. The molecule has 0 atom stereocenters. The third-order valence-electron chi connectivity index (χ3n) is 4.47. The molecule has 2 aromatic heterocycles. The molecule has 3 heterocycles. The number of aromatic nitrogens is 2. The van der Waals surface area contributed by atoms with E-state index >= 15 is 0 Å². The highest BCUT2D eigenvalue weighted by molar-refractivity contribution is 7.18. The van der Waals surface area contributed by atoms with E-state index in [9.17, 15) is 4.79 Å². The summed E-state index contributed by atoms with van der Waals surface area (Å²) in [4.78, 5) is 24.8. The van der Waals surface area contributed by atoms with Crippen LogP contribution in [0.15, 0.2) is 4.79 Å². The number of rotatable bonds is 1. The van der Waals surface area contributed by atoms with Gasteiger partial charge in [0.1, 0.15) is 4.83 Å². The lowest BCUT2D eigenvalue weighted by molar-refractivity contribution is 0.568. The second-order valence-corrected chi connectivity index (χ2v) is 6.91. The van der Waals surface area contributed by atoms with Gasteiger partial charge in [0.15, 0.2) is 0 Å². The Morgan fingerprint density at radius 2 is 1.85 bits per heavy atom. The number of nitrogens with one attached hydrogen (secondary N) is 1. The van der Waals surface area contributed by atoms with Crippen LogP contribution < -0.4 is 10.5 Å². The molecule has 1 fully saturated rings. The molecule has 20 heavy (non-hydrogen) atoms. The van der Waals surface area contributed by atoms with Crippen LogP contribution >= 0.6 is 11.3 Å². The first-order valence-corrected chi connectivity index (χ1v) is 8.44. The van der Waals surface area contributed by atoms with E-state index in [1.165, 1.54) is 42.5 Å².